The quantitative estimate of drug-likeness (QED) is 0.168. The van der Waals surface area contributed by atoms with Gasteiger partial charge in [-0.15, -0.1) is 0 Å². The highest BCUT2D eigenvalue weighted by molar-refractivity contribution is 6.26. The number of benzene rings is 9. The molecule has 0 saturated heterocycles. The molecule has 13 rings (SSSR count). The first-order valence-electron chi connectivity index (χ1n) is 21.4. The molecule has 0 unspecified atom stereocenters. The van der Waals surface area contributed by atoms with Gasteiger partial charge >= 0.3 is 0 Å². The van der Waals surface area contributed by atoms with Crippen LogP contribution in [-0.2, 0) is 0 Å². The topological polar surface area (TPSA) is 40.6 Å². The highest BCUT2D eigenvalue weighted by Crippen LogP contribution is 2.43. The average molecular weight is 804 g/mol. The first-order chi connectivity index (χ1) is 31.3. The third-order valence-electron chi connectivity index (χ3n) is 12.6. The molecular formula is C58H37N5. The molecule has 0 spiro atoms. The lowest BCUT2D eigenvalue weighted by Gasteiger charge is -2.11. The van der Waals surface area contributed by atoms with Crippen LogP contribution in [0.1, 0.15) is 0 Å². The van der Waals surface area contributed by atoms with Gasteiger partial charge in [0.05, 0.1) is 44.5 Å². The average Bonchev–Trinajstić information content (AvgIpc) is 4.00. The van der Waals surface area contributed by atoms with Crippen LogP contribution in [0.5, 0.6) is 0 Å². The van der Waals surface area contributed by atoms with Gasteiger partial charge in [0.1, 0.15) is 0 Å². The van der Waals surface area contributed by atoms with Crippen molar-refractivity contribution in [3.05, 3.63) is 224 Å². The Morgan fingerprint density at radius 2 is 0.762 bits per heavy atom. The van der Waals surface area contributed by atoms with Crippen LogP contribution in [-0.4, -0.2) is 23.7 Å². The second-order valence-electron chi connectivity index (χ2n) is 16.2. The van der Waals surface area contributed by atoms with E-state index in [1.807, 2.05) is 24.3 Å². The molecule has 9 aromatic carbocycles. The van der Waals surface area contributed by atoms with Crippen molar-refractivity contribution in [2.75, 3.05) is 0 Å². The molecular weight excluding hydrogens is 767 g/mol. The molecule has 0 fully saturated rings. The SMILES string of the molecule is c1ccc(-c2cc(-c3ccc4c(c3)c3cc(-n5c6ccccc6c6ccc7c(c8ccccc8n7-c7ccccc7)c65)ccc3n4-c3ccccc3)nc(-c3ccccc3)n2)cc1. The Labute approximate surface area is 363 Å². The molecule has 4 heterocycles. The minimum atomic E-state index is 0.701. The maximum absolute atomic E-state index is 5.23. The van der Waals surface area contributed by atoms with Gasteiger partial charge in [-0.05, 0) is 78.9 Å². The Balaban J connectivity index is 1.10. The minimum absolute atomic E-state index is 0.701. The van der Waals surface area contributed by atoms with E-state index in [1.54, 1.807) is 0 Å². The van der Waals surface area contributed by atoms with Crippen molar-refractivity contribution in [3.8, 4) is 51.0 Å². The normalized spacial score (nSPS) is 11.8. The number of hydrogen-bond donors (Lipinski definition) is 0. The maximum Gasteiger partial charge on any atom is 0.160 e. The van der Waals surface area contributed by atoms with Gasteiger partial charge in [0.15, 0.2) is 5.82 Å². The zero-order valence-corrected chi connectivity index (χ0v) is 34.1. The predicted octanol–water partition coefficient (Wildman–Crippen LogP) is 14.8. The number of hydrogen-bond acceptors (Lipinski definition) is 2. The molecule has 13 aromatic rings. The molecule has 0 aliphatic carbocycles. The second kappa shape index (κ2) is 14.0. The van der Waals surface area contributed by atoms with E-state index >= 15 is 0 Å². The van der Waals surface area contributed by atoms with Crippen LogP contribution in [0.4, 0.5) is 0 Å². The summed E-state index contributed by atoms with van der Waals surface area (Å²) < 4.78 is 7.29. The summed E-state index contributed by atoms with van der Waals surface area (Å²) >= 11 is 0. The molecule has 294 valence electrons. The van der Waals surface area contributed by atoms with E-state index in [4.69, 9.17) is 9.97 Å². The van der Waals surface area contributed by atoms with Gasteiger partial charge < -0.3 is 13.7 Å². The Morgan fingerprint density at radius 1 is 0.270 bits per heavy atom. The summed E-state index contributed by atoms with van der Waals surface area (Å²) in [5.74, 6) is 0.701. The Kier molecular flexibility index (Phi) is 7.84. The Bertz CT molecular complexity index is 3820. The van der Waals surface area contributed by atoms with Crippen LogP contribution in [0, 0.1) is 0 Å². The molecule has 5 nitrogen and oxygen atoms in total. The van der Waals surface area contributed by atoms with Crippen molar-refractivity contribution in [2.45, 2.75) is 0 Å². The summed E-state index contributed by atoms with van der Waals surface area (Å²) in [7, 11) is 0. The number of aromatic nitrogens is 5. The smallest absolute Gasteiger partial charge is 0.160 e. The molecule has 4 aromatic heterocycles. The van der Waals surface area contributed by atoms with Crippen molar-refractivity contribution in [1.29, 1.82) is 0 Å². The number of rotatable bonds is 6. The zero-order valence-electron chi connectivity index (χ0n) is 34.1. The third kappa shape index (κ3) is 5.50. The fourth-order valence-electron chi connectivity index (χ4n) is 9.87. The molecule has 0 bridgehead atoms. The molecule has 63 heavy (non-hydrogen) atoms. The van der Waals surface area contributed by atoms with Crippen molar-refractivity contribution < 1.29 is 0 Å². The van der Waals surface area contributed by atoms with E-state index in [0.717, 1.165) is 61.6 Å². The van der Waals surface area contributed by atoms with E-state index in [0.29, 0.717) is 5.82 Å². The lowest BCUT2D eigenvalue weighted by Crippen LogP contribution is -1.96. The van der Waals surface area contributed by atoms with Gasteiger partial charge in [0.25, 0.3) is 0 Å². The number of nitrogens with zero attached hydrogens (tertiary/aromatic N) is 5. The zero-order chi connectivity index (χ0) is 41.4. The van der Waals surface area contributed by atoms with Gasteiger partial charge in [-0.1, -0.05) is 146 Å². The van der Waals surface area contributed by atoms with E-state index in [2.05, 4.69) is 214 Å². The second-order valence-corrected chi connectivity index (χ2v) is 16.2. The molecule has 0 N–H and O–H groups in total. The minimum Gasteiger partial charge on any atom is -0.309 e. The van der Waals surface area contributed by atoms with Crippen molar-refractivity contribution >= 4 is 65.4 Å². The fourth-order valence-corrected chi connectivity index (χ4v) is 9.87. The first kappa shape index (κ1) is 35.2. The predicted molar refractivity (Wildman–Crippen MR) is 261 cm³/mol. The molecule has 0 atom stereocenters. The summed E-state index contributed by atoms with van der Waals surface area (Å²) in [6.45, 7) is 0. The summed E-state index contributed by atoms with van der Waals surface area (Å²) in [6, 6.07) is 80.2. The van der Waals surface area contributed by atoms with Crippen LogP contribution in [0.15, 0.2) is 224 Å². The molecule has 0 saturated carbocycles. The number of para-hydroxylation sites is 4. The molecule has 5 heteroatoms. The fraction of sp³-hybridized carbons (Fsp3) is 0. The Morgan fingerprint density at radius 3 is 1.44 bits per heavy atom. The highest BCUT2D eigenvalue weighted by atomic mass is 15.0. The molecule has 0 aliphatic rings. The van der Waals surface area contributed by atoms with Gasteiger partial charge in [-0.3, -0.25) is 0 Å². The van der Waals surface area contributed by atoms with Crippen LogP contribution >= 0.6 is 0 Å². The maximum atomic E-state index is 5.23. The van der Waals surface area contributed by atoms with Crippen LogP contribution in [0.3, 0.4) is 0 Å². The summed E-state index contributed by atoms with van der Waals surface area (Å²) in [4.78, 5) is 10.3. The van der Waals surface area contributed by atoms with Gasteiger partial charge in [-0.25, -0.2) is 9.97 Å². The Hall–Kier alpha value is -8.54. The molecule has 0 amide bonds. The largest absolute Gasteiger partial charge is 0.309 e. The van der Waals surface area contributed by atoms with Gasteiger partial charge in [-0.2, -0.15) is 0 Å². The highest BCUT2D eigenvalue weighted by Gasteiger charge is 2.22. The first-order valence-corrected chi connectivity index (χ1v) is 21.4. The summed E-state index contributed by atoms with van der Waals surface area (Å²) in [5.41, 5.74) is 15.2. The van der Waals surface area contributed by atoms with Crippen molar-refractivity contribution in [3.63, 3.8) is 0 Å². The standard InChI is InChI=1S/C58H37N5/c1-5-17-38(18-6-1)49-37-50(60-58(59-49)39-19-7-2-8-20-39)40-29-32-53-47(35-40)48-36-43(30-33-54(48)61(53)41-21-9-3-10-22-41)63-51-27-15-13-25-44(51)45-31-34-55-56(57(45)63)46-26-14-16-28-52(46)62(55)42-23-11-4-12-24-42/h1-37H. The summed E-state index contributed by atoms with van der Waals surface area (Å²) in [5, 5.41) is 7.25. The molecule has 0 aliphatic heterocycles. The summed E-state index contributed by atoms with van der Waals surface area (Å²) in [6.07, 6.45) is 0. The van der Waals surface area contributed by atoms with Crippen molar-refractivity contribution in [1.82, 2.24) is 23.7 Å². The van der Waals surface area contributed by atoms with E-state index in [-0.39, 0.29) is 0 Å². The monoisotopic (exact) mass is 803 g/mol. The lowest BCUT2D eigenvalue weighted by molar-refractivity contribution is 1.16. The van der Waals surface area contributed by atoms with Crippen LogP contribution < -0.4 is 0 Å². The van der Waals surface area contributed by atoms with Gasteiger partial charge in [0.2, 0.25) is 0 Å². The number of fused-ring (bicyclic) bond motifs is 10. The van der Waals surface area contributed by atoms with Gasteiger partial charge in [0, 0.05) is 66.1 Å². The lowest BCUT2D eigenvalue weighted by atomic mass is 10.0. The van der Waals surface area contributed by atoms with Crippen molar-refractivity contribution in [2.24, 2.45) is 0 Å². The van der Waals surface area contributed by atoms with Crippen LogP contribution in [0.2, 0.25) is 0 Å². The third-order valence-corrected chi connectivity index (χ3v) is 12.6. The van der Waals surface area contributed by atoms with Crippen LogP contribution in [0.25, 0.3) is 116 Å². The van der Waals surface area contributed by atoms with E-state index < -0.39 is 0 Å². The van der Waals surface area contributed by atoms with E-state index in [9.17, 15) is 0 Å². The molecule has 0 radical (unpaired) electrons. The van der Waals surface area contributed by atoms with E-state index in [1.165, 1.54) is 49.0 Å².